The van der Waals surface area contributed by atoms with E-state index < -0.39 is 0 Å². The van der Waals surface area contributed by atoms with Crippen LogP contribution in [0.2, 0.25) is 0 Å². The molecule has 3 aromatic rings. The molecule has 4 nitrogen and oxygen atoms in total. The van der Waals surface area contributed by atoms with Gasteiger partial charge in [-0.1, -0.05) is 30.3 Å². The highest BCUT2D eigenvalue weighted by molar-refractivity contribution is 7.20. The van der Waals surface area contributed by atoms with Gasteiger partial charge in [0.15, 0.2) is 0 Å². The second kappa shape index (κ2) is 6.56. The van der Waals surface area contributed by atoms with Crippen molar-refractivity contribution in [3.05, 3.63) is 57.9 Å². The highest BCUT2D eigenvalue weighted by Crippen LogP contribution is 2.40. The summed E-state index contributed by atoms with van der Waals surface area (Å²) in [4.78, 5) is 23.7. The SMILES string of the molecule is Cc1nc(C2CC2)nc2sc(C(=O)NCCc3ccccc3)c(C)c12. The van der Waals surface area contributed by atoms with Crippen LogP contribution in [0.15, 0.2) is 30.3 Å². The van der Waals surface area contributed by atoms with Gasteiger partial charge >= 0.3 is 0 Å². The van der Waals surface area contributed by atoms with Gasteiger partial charge < -0.3 is 5.32 Å². The van der Waals surface area contributed by atoms with E-state index in [2.05, 4.69) is 22.4 Å². The van der Waals surface area contributed by atoms with E-state index in [0.717, 1.165) is 38.6 Å². The monoisotopic (exact) mass is 351 g/mol. The number of fused-ring (bicyclic) bond motifs is 1. The molecule has 1 fully saturated rings. The molecule has 0 bridgehead atoms. The molecule has 1 aliphatic rings. The van der Waals surface area contributed by atoms with E-state index in [1.54, 1.807) is 0 Å². The lowest BCUT2D eigenvalue weighted by Gasteiger charge is -2.05. The highest BCUT2D eigenvalue weighted by atomic mass is 32.1. The molecule has 25 heavy (non-hydrogen) atoms. The first kappa shape index (κ1) is 16.2. The summed E-state index contributed by atoms with van der Waals surface area (Å²) in [6, 6.07) is 10.2. The summed E-state index contributed by atoms with van der Waals surface area (Å²) >= 11 is 1.49. The van der Waals surface area contributed by atoms with Crippen LogP contribution in [-0.4, -0.2) is 22.4 Å². The molecule has 128 valence electrons. The number of hydrogen-bond donors (Lipinski definition) is 1. The lowest BCUT2D eigenvalue weighted by molar-refractivity contribution is 0.0957. The topological polar surface area (TPSA) is 54.9 Å². The smallest absolute Gasteiger partial charge is 0.261 e. The van der Waals surface area contributed by atoms with E-state index in [-0.39, 0.29) is 5.91 Å². The van der Waals surface area contributed by atoms with Crippen LogP contribution in [0.3, 0.4) is 0 Å². The minimum absolute atomic E-state index is 0.0104. The zero-order valence-electron chi connectivity index (χ0n) is 14.5. The van der Waals surface area contributed by atoms with Crippen molar-refractivity contribution in [2.45, 2.75) is 39.0 Å². The van der Waals surface area contributed by atoms with E-state index in [4.69, 9.17) is 4.98 Å². The van der Waals surface area contributed by atoms with Crippen LogP contribution in [0.4, 0.5) is 0 Å². The largest absolute Gasteiger partial charge is 0.351 e. The maximum absolute atomic E-state index is 12.6. The van der Waals surface area contributed by atoms with E-state index in [1.165, 1.54) is 29.7 Å². The van der Waals surface area contributed by atoms with Crippen LogP contribution >= 0.6 is 11.3 Å². The molecule has 5 heteroatoms. The van der Waals surface area contributed by atoms with Gasteiger partial charge in [-0.2, -0.15) is 0 Å². The standard InChI is InChI=1S/C20H21N3OS/c1-12-16-13(2)22-18(15-8-9-15)23-20(16)25-17(12)19(24)21-11-10-14-6-4-3-5-7-14/h3-7,15H,8-11H2,1-2H3,(H,21,24). The maximum atomic E-state index is 12.6. The summed E-state index contributed by atoms with van der Waals surface area (Å²) in [5.41, 5.74) is 3.22. The Hall–Kier alpha value is -2.27. The van der Waals surface area contributed by atoms with Crippen molar-refractivity contribution in [3.8, 4) is 0 Å². The van der Waals surface area contributed by atoms with Crippen molar-refractivity contribution in [1.82, 2.24) is 15.3 Å². The first-order valence-electron chi connectivity index (χ1n) is 8.73. The molecule has 0 spiro atoms. The van der Waals surface area contributed by atoms with Gasteiger partial charge in [0, 0.05) is 17.8 Å². The van der Waals surface area contributed by atoms with E-state index in [0.29, 0.717) is 12.5 Å². The van der Waals surface area contributed by atoms with Crippen molar-refractivity contribution < 1.29 is 4.79 Å². The van der Waals surface area contributed by atoms with Crippen LogP contribution in [-0.2, 0) is 6.42 Å². The number of aryl methyl sites for hydroxylation is 2. The third-order valence-electron chi connectivity index (χ3n) is 4.68. The third kappa shape index (κ3) is 3.29. The van der Waals surface area contributed by atoms with Crippen LogP contribution in [0.25, 0.3) is 10.2 Å². The van der Waals surface area contributed by atoms with Gasteiger partial charge in [-0.3, -0.25) is 4.79 Å². The summed E-state index contributed by atoms with van der Waals surface area (Å²) < 4.78 is 0. The zero-order chi connectivity index (χ0) is 17.4. The number of benzene rings is 1. The Kier molecular flexibility index (Phi) is 4.25. The number of thiophene rings is 1. The molecule has 0 radical (unpaired) electrons. The molecule has 0 aliphatic heterocycles. The molecule has 0 atom stereocenters. The average molecular weight is 351 g/mol. The van der Waals surface area contributed by atoms with Crippen LogP contribution in [0, 0.1) is 13.8 Å². The maximum Gasteiger partial charge on any atom is 0.261 e. The third-order valence-corrected chi connectivity index (χ3v) is 5.86. The second-order valence-electron chi connectivity index (χ2n) is 6.67. The lowest BCUT2D eigenvalue weighted by atomic mass is 10.1. The molecule has 1 saturated carbocycles. The number of carbonyl (C=O) groups excluding carboxylic acids is 1. The molecule has 1 aromatic carbocycles. The summed E-state index contributed by atoms with van der Waals surface area (Å²) in [7, 11) is 0. The highest BCUT2D eigenvalue weighted by Gasteiger charge is 2.28. The van der Waals surface area contributed by atoms with Crippen molar-refractivity contribution in [2.75, 3.05) is 6.54 Å². The minimum atomic E-state index is -0.0104. The fourth-order valence-corrected chi connectivity index (χ4v) is 4.30. The Balaban J connectivity index is 1.53. The Bertz CT molecular complexity index is 929. The van der Waals surface area contributed by atoms with Gasteiger partial charge in [-0.25, -0.2) is 9.97 Å². The lowest BCUT2D eigenvalue weighted by Crippen LogP contribution is -2.25. The number of amides is 1. The predicted octanol–water partition coefficient (Wildman–Crippen LogP) is 4.16. The quantitative estimate of drug-likeness (QED) is 0.751. The molecule has 1 amide bonds. The molecule has 4 rings (SSSR count). The van der Waals surface area contributed by atoms with Crippen molar-refractivity contribution >= 4 is 27.5 Å². The van der Waals surface area contributed by atoms with Gasteiger partial charge in [0.25, 0.3) is 5.91 Å². The molecule has 2 heterocycles. The normalized spacial score (nSPS) is 14.0. The molecule has 1 aliphatic carbocycles. The summed E-state index contributed by atoms with van der Waals surface area (Å²) in [6.07, 6.45) is 3.20. The summed E-state index contributed by atoms with van der Waals surface area (Å²) in [5.74, 6) is 1.46. The van der Waals surface area contributed by atoms with Gasteiger partial charge in [0.05, 0.1) is 10.6 Å². The van der Waals surface area contributed by atoms with Gasteiger partial charge in [0.2, 0.25) is 0 Å². The Morgan fingerprint density at radius 3 is 2.68 bits per heavy atom. The van der Waals surface area contributed by atoms with Crippen LogP contribution in [0.5, 0.6) is 0 Å². The fourth-order valence-electron chi connectivity index (χ4n) is 3.15. The summed E-state index contributed by atoms with van der Waals surface area (Å²) in [5, 5.41) is 4.09. The first-order valence-corrected chi connectivity index (χ1v) is 9.55. The van der Waals surface area contributed by atoms with Gasteiger partial charge in [0.1, 0.15) is 10.7 Å². The summed E-state index contributed by atoms with van der Waals surface area (Å²) in [6.45, 7) is 4.65. The Labute approximate surface area is 151 Å². The van der Waals surface area contributed by atoms with Crippen molar-refractivity contribution in [1.29, 1.82) is 0 Å². The Morgan fingerprint density at radius 1 is 1.20 bits per heavy atom. The van der Waals surface area contributed by atoms with Crippen LogP contribution in [0.1, 0.15) is 51.1 Å². The van der Waals surface area contributed by atoms with Gasteiger partial charge in [-0.05, 0) is 44.2 Å². The van der Waals surface area contributed by atoms with Gasteiger partial charge in [-0.15, -0.1) is 11.3 Å². The second-order valence-corrected chi connectivity index (χ2v) is 7.67. The number of rotatable bonds is 5. The van der Waals surface area contributed by atoms with Crippen LogP contribution < -0.4 is 5.32 Å². The fraction of sp³-hybridized carbons (Fsp3) is 0.350. The van der Waals surface area contributed by atoms with E-state index >= 15 is 0 Å². The zero-order valence-corrected chi connectivity index (χ0v) is 15.3. The molecular formula is C20H21N3OS. The minimum Gasteiger partial charge on any atom is -0.351 e. The molecule has 0 unspecified atom stereocenters. The number of nitrogens with zero attached hydrogens (tertiary/aromatic N) is 2. The van der Waals surface area contributed by atoms with Crippen molar-refractivity contribution in [2.24, 2.45) is 0 Å². The Morgan fingerprint density at radius 2 is 1.96 bits per heavy atom. The number of carbonyl (C=O) groups is 1. The average Bonchev–Trinajstić information content (AvgIpc) is 3.40. The van der Waals surface area contributed by atoms with Crippen molar-refractivity contribution in [3.63, 3.8) is 0 Å². The number of nitrogens with one attached hydrogen (secondary N) is 1. The van der Waals surface area contributed by atoms with E-state index in [9.17, 15) is 4.79 Å². The molecular weight excluding hydrogens is 330 g/mol. The molecule has 2 aromatic heterocycles. The number of hydrogen-bond acceptors (Lipinski definition) is 4. The van der Waals surface area contributed by atoms with E-state index in [1.807, 2.05) is 32.0 Å². The first-order chi connectivity index (χ1) is 12.1. The predicted molar refractivity (Wildman–Crippen MR) is 101 cm³/mol. The molecule has 1 N–H and O–H groups in total. The molecule has 0 saturated heterocycles. The number of aromatic nitrogens is 2.